The number of aromatic nitrogens is 1. The van der Waals surface area contributed by atoms with E-state index in [9.17, 15) is 14.9 Å². The lowest BCUT2D eigenvalue weighted by Gasteiger charge is -2.22. The molecule has 0 fully saturated rings. The number of hydrogen-bond donors (Lipinski definition) is 1. The highest BCUT2D eigenvalue weighted by Crippen LogP contribution is 2.35. The van der Waals surface area contributed by atoms with Crippen molar-refractivity contribution in [3.63, 3.8) is 0 Å². The Bertz CT molecular complexity index is 943. The van der Waals surface area contributed by atoms with E-state index in [0.29, 0.717) is 15.4 Å². The van der Waals surface area contributed by atoms with Crippen molar-refractivity contribution < 1.29 is 19.1 Å². The van der Waals surface area contributed by atoms with Gasteiger partial charge < -0.3 is 9.47 Å². The molecule has 1 amide bonds. The zero-order valence-electron chi connectivity index (χ0n) is 16.1. The van der Waals surface area contributed by atoms with Gasteiger partial charge in [-0.3, -0.25) is 5.32 Å². The molecule has 0 bridgehead atoms. The van der Waals surface area contributed by atoms with Crippen LogP contribution in [0, 0.1) is 11.3 Å². The number of amides is 1. The van der Waals surface area contributed by atoms with Gasteiger partial charge in [-0.2, -0.15) is 5.26 Å². The third kappa shape index (κ3) is 4.80. The fraction of sp³-hybridized carbons (Fsp3) is 0.421. The molecule has 0 aliphatic heterocycles. The van der Waals surface area contributed by atoms with Crippen LogP contribution < -0.4 is 5.32 Å². The van der Waals surface area contributed by atoms with Crippen LogP contribution >= 0.6 is 15.9 Å². The number of fused-ring (bicyclic) bond motifs is 1. The summed E-state index contributed by atoms with van der Waals surface area (Å²) in [6.07, 6.45) is -1.49. The van der Waals surface area contributed by atoms with Crippen LogP contribution in [-0.2, 0) is 9.47 Å². The van der Waals surface area contributed by atoms with E-state index < -0.39 is 23.4 Å². The quantitative estimate of drug-likeness (QED) is 0.646. The Morgan fingerprint density at radius 1 is 1.11 bits per heavy atom. The van der Waals surface area contributed by atoms with E-state index in [1.165, 1.54) is 4.57 Å². The highest BCUT2D eigenvalue weighted by molar-refractivity contribution is 9.10. The fourth-order valence-corrected chi connectivity index (χ4v) is 2.98. The number of nitriles is 1. The topological polar surface area (TPSA) is 93.4 Å². The molecule has 0 radical (unpaired) electrons. The van der Waals surface area contributed by atoms with Gasteiger partial charge in [-0.1, -0.05) is 22.0 Å². The van der Waals surface area contributed by atoms with Crippen LogP contribution in [0.2, 0.25) is 0 Å². The maximum absolute atomic E-state index is 12.8. The zero-order chi connectivity index (χ0) is 20.6. The van der Waals surface area contributed by atoms with Crippen molar-refractivity contribution in [2.24, 2.45) is 0 Å². The first-order valence-electron chi connectivity index (χ1n) is 8.30. The summed E-state index contributed by atoms with van der Waals surface area (Å²) in [5.41, 5.74) is -0.925. The third-order valence-electron chi connectivity index (χ3n) is 3.25. The van der Waals surface area contributed by atoms with Crippen LogP contribution in [0.5, 0.6) is 0 Å². The van der Waals surface area contributed by atoms with Crippen molar-refractivity contribution >= 4 is 44.8 Å². The number of anilines is 1. The fourth-order valence-electron chi connectivity index (χ4n) is 2.42. The summed E-state index contributed by atoms with van der Waals surface area (Å²) in [4.78, 5) is 25.1. The molecule has 0 aliphatic carbocycles. The van der Waals surface area contributed by atoms with E-state index in [1.54, 1.807) is 59.7 Å². The summed E-state index contributed by atoms with van der Waals surface area (Å²) in [6.45, 7) is 10.4. The highest BCUT2D eigenvalue weighted by Gasteiger charge is 2.29. The molecule has 27 heavy (non-hydrogen) atoms. The zero-order valence-corrected chi connectivity index (χ0v) is 17.7. The molecule has 1 N–H and O–H groups in total. The minimum Gasteiger partial charge on any atom is -0.444 e. The number of benzene rings is 1. The Morgan fingerprint density at radius 2 is 1.70 bits per heavy atom. The van der Waals surface area contributed by atoms with Crippen LogP contribution in [0.25, 0.3) is 10.9 Å². The number of nitrogens with one attached hydrogen (secondary N) is 1. The molecule has 0 saturated carbocycles. The molecular formula is C19H22BrN3O4. The summed E-state index contributed by atoms with van der Waals surface area (Å²) < 4.78 is 12.5. The number of hydrogen-bond acceptors (Lipinski definition) is 5. The second kappa shape index (κ2) is 7.24. The Morgan fingerprint density at radius 3 is 2.22 bits per heavy atom. The Balaban J connectivity index is 2.67. The molecule has 0 unspecified atom stereocenters. The molecule has 0 saturated heterocycles. The second-order valence-corrected chi connectivity index (χ2v) is 8.77. The Hall–Kier alpha value is -2.53. The molecule has 144 valence electrons. The number of carbonyl (C=O) groups is 2. The number of nitrogens with zero attached hydrogens (tertiary/aromatic N) is 2. The van der Waals surface area contributed by atoms with Crippen LogP contribution in [-0.4, -0.2) is 28.0 Å². The molecule has 1 aromatic carbocycles. The lowest BCUT2D eigenvalue weighted by atomic mass is 10.2. The van der Waals surface area contributed by atoms with Crippen LogP contribution in [0.15, 0.2) is 22.7 Å². The van der Waals surface area contributed by atoms with Gasteiger partial charge in [0.25, 0.3) is 0 Å². The van der Waals surface area contributed by atoms with Gasteiger partial charge in [0.05, 0.1) is 5.52 Å². The highest BCUT2D eigenvalue weighted by atomic mass is 79.9. The summed E-state index contributed by atoms with van der Waals surface area (Å²) >= 11 is 3.40. The van der Waals surface area contributed by atoms with Crippen molar-refractivity contribution in [2.45, 2.75) is 52.7 Å². The maximum atomic E-state index is 12.8. The molecule has 7 nitrogen and oxygen atoms in total. The molecule has 1 aromatic heterocycles. The summed E-state index contributed by atoms with van der Waals surface area (Å²) in [7, 11) is 0. The van der Waals surface area contributed by atoms with Gasteiger partial charge in [-0.25, -0.2) is 14.2 Å². The van der Waals surface area contributed by atoms with Gasteiger partial charge in [0.2, 0.25) is 0 Å². The normalized spacial score (nSPS) is 11.8. The van der Waals surface area contributed by atoms with E-state index >= 15 is 0 Å². The molecule has 0 atom stereocenters. The third-order valence-corrected chi connectivity index (χ3v) is 3.91. The summed E-state index contributed by atoms with van der Waals surface area (Å²) in [6, 6.07) is 7.21. The van der Waals surface area contributed by atoms with Crippen molar-refractivity contribution in [2.75, 3.05) is 5.32 Å². The molecule has 0 spiro atoms. The summed E-state index contributed by atoms with van der Waals surface area (Å²) in [5, 5.41) is 12.7. The van der Waals surface area contributed by atoms with Gasteiger partial charge in [-0.15, -0.1) is 0 Å². The SMILES string of the molecule is CC(C)(C)OC(=O)Nc1c(C#N)c2c(Br)cccc2n1C(=O)OC(C)(C)C. The molecule has 8 heteroatoms. The first-order valence-corrected chi connectivity index (χ1v) is 9.10. The minimum absolute atomic E-state index is 0.00269. The molecule has 1 heterocycles. The van der Waals surface area contributed by atoms with E-state index in [0.717, 1.165) is 0 Å². The lowest BCUT2D eigenvalue weighted by molar-refractivity contribution is 0.0547. The van der Waals surface area contributed by atoms with Crippen molar-refractivity contribution in [1.82, 2.24) is 4.57 Å². The average molecular weight is 436 g/mol. The Kier molecular flexibility index (Phi) is 5.57. The van der Waals surface area contributed by atoms with Gasteiger partial charge in [0, 0.05) is 9.86 Å². The first-order chi connectivity index (χ1) is 12.3. The van der Waals surface area contributed by atoms with Gasteiger partial charge in [0.1, 0.15) is 28.7 Å². The lowest BCUT2D eigenvalue weighted by Crippen LogP contribution is -2.31. The van der Waals surface area contributed by atoms with Crippen molar-refractivity contribution in [3.05, 3.63) is 28.2 Å². The average Bonchev–Trinajstić information content (AvgIpc) is 2.77. The number of carbonyl (C=O) groups excluding carboxylic acids is 2. The number of halogens is 1. The molecular weight excluding hydrogens is 414 g/mol. The van der Waals surface area contributed by atoms with Crippen LogP contribution in [0.4, 0.5) is 15.4 Å². The van der Waals surface area contributed by atoms with Gasteiger partial charge in [-0.05, 0) is 53.7 Å². The van der Waals surface area contributed by atoms with E-state index in [4.69, 9.17) is 9.47 Å². The Labute approximate surface area is 166 Å². The molecule has 0 aliphatic rings. The van der Waals surface area contributed by atoms with Gasteiger partial charge in [0.15, 0.2) is 0 Å². The predicted octanol–water partition coefficient (Wildman–Crippen LogP) is 5.41. The van der Waals surface area contributed by atoms with E-state index in [2.05, 4.69) is 27.3 Å². The van der Waals surface area contributed by atoms with Crippen LogP contribution in [0.3, 0.4) is 0 Å². The number of rotatable bonds is 1. The smallest absolute Gasteiger partial charge is 0.420 e. The van der Waals surface area contributed by atoms with E-state index in [-0.39, 0.29) is 11.4 Å². The first kappa shape index (κ1) is 20.8. The monoisotopic (exact) mass is 435 g/mol. The largest absolute Gasteiger partial charge is 0.444 e. The summed E-state index contributed by atoms with van der Waals surface area (Å²) in [5.74, 6) is 0.00269. The van der Waals surface area contributed by atoms with Gasteiger partial charge >= 0.3 is 12.2 Å². The predicted molar refractivity (Wildman–Crippen MR) is 106 cm³/mol. The maximum Gasteiger partial charge on any atom is 0.420 e. The van der Waals surface area contributed by atoms with Crippen molar-refractivity contribution in [3.8, 4) is 6.07 Å². The number of ether oxygens (including phenoxy) is 2. The van der Waals surface area contributed by atoms with Crippen molar-refractivity contribution in [1.29, 1.82) is 5.26 Å². The standard InChI is InChI=1S/C19H22BrN3O4/c1-18(2,3)26-16(24)22-15-11(10-21)14-12(20)8-7-9-13(14)23(15)17(25)27-19(4,5)6/h7-9H,1-6H3,(H,22,24). The van der Waals surface area contributed by atoms with E-state index in [1.807, 2.05) is 0 Å². The second-order valence-electron chi connectivity index (χ2n) is 7.91. The van der Waals surface area contributed by atoms with Crippen LogP contribution in [0.1, 0.15) is 47.1 Å². The molecule has 2 rings (SSSR count). The minimum atomic E-state index is -0.775. The molecule has 2 aromatic rings.